The lowest BCUT2D eigenvalue weighted by atomic mass is 10.1. The maximum Gasteiger partial charge on any atom is 0.122 e. The zero-order valence-corrected chi connectivity index (χ0v) is 12.5. The van der Waals surface area contributed by atoms with Crippen molar-refractivity contribution in [2.45, 2.75) is 46.2 Å². The smallest absolute Gasteiger partial charge is 0.122 e. The van der Waals surface area contributed by atoms with Crippen LogP contribution in [-0.4, -0.2) is 41.3 Å². The van der Waals surface area contributed by atoms with Crippen LogP contribution in [0, 0.1) is 6.92 Å². The molecule has 0 fully saturated rings. The van der Waals surface area contributed by atoms with Crippen LogP contribution < -0.4 is 4.74 Å². The molecule has 0 amide bonds. The van der Waals surface area contributed by atoms with E-state index in [9.17, 15) is 5.11 Å². The molecule has 1 aromatic heterocycles. The maximum absolute atomic E-state index is 9.22. The fraction of sp³-hybridized carbons (Fsp3) is 0.667. The van der Waals surface area contributed by atoms with E-state index in [1.54, 1.807) is 7.11 Å². The van der Waals surface area contributed by atoms with Crippen molar-refractivity contribution >= 4 is 0 Å². The van der Waals surface area contributed by atoms with Crippen LogP contribution in [0.2, 0.25) is 0 Å². The molecule has 108 valence electrons. The molecule has 0 bridgehead atoms. The lowest BCUT2D eigenvalue weighted by molar-refractivity contribution is 0.135. The Balaban J connectivity index is 2.86. The Bertz CT molecular complexity index is 378. The number of methoxy groups -OCH3 is 1. The van der Waals surface area contributed by atoms with E-state index >= 15 is 0 Å². The van der Waals surface area contributed by atoms with Crippen molar-refractivity contribution in [3.8, 4) is 5.75 Å². The number of pyridine rings is 1. The summed E-state index contributed by atoms with van der Waals surface area (Å²) < 4.78 is 5.28. The number of aliphatic hydroxyl groups excluding tert-OH is 1. The molecule has 0 aliphatic heterocycles. The predicted octanol–water partition coefficient (Wildman–Crippen LogP) is 2.38. The SMILES string of the molecule is CCC(CC)N(CCO)Cc1cc(OC)cc(C)n1. The van der Waals surface area contributed by atoms with E-state index in [1.165, 1.54) is 0 Å². The topological polar surface area (TPSA) is 45.6 Å². The summed E-state index contributed by atoms with van der Waals surface area (Å²) in [5.41, 5.74) is 1.96. The number of hydrogen-bond acceptors (Lipinski definition) is 4. The monoisotopic (exact) mass is 266 g/mol. The first-order chi connectivity index (χ1) is 9.14. The summed E-state index contributed by atoms with van der Waals surface area (Å²) in [6, 6.07) is 4.39. The van der Waals surface area contributed by atoms with Gasteiger partial charge in [0, 0.05) is 37.0 Å². The van der Waals surface area contributed by atoms with Gasteiger partial charge in [-0.1, -0.05) is 13.8 Å². The Morgan fingerprint density at radius 2 is 2.00 bits per heavy atom. The fourth-order valence-corrected chi connectivity index (χ4v) is 2.43. The number of rotatable bonds is 8. The molecule has 0 radical (unpaired) electrons. The highest BCUT2D eigenvalue weighted by Crippen LogP contribution is 2.17. The van der Waals surface area contributed by atoms with E-state index in [2.05, 4.69) is 23.7 Å². The molecule has 19 heavy (non-hydrogen) atoms. The highest BCUT2D eigenvalue weighted by atomic mass is 16.5. The average molecular weight is 266 g/mol. The lowest BCUT2D eigenvalue weighted by Crippen LogP contribution is -2.36. The number of hydrogen-bond donors (Lipinski definition) is 1. The highest BCUT2D eigenvalue weighted by Gasteiger charge is 2.16. The van der Waals surface area contributed by atoms with Gasteiger partial charge in [-0.15, -0.1) is 0 Å². The summed E-state index contributed by atoms with van der Waals surface area (Å²) in [6.45, 7) is 7.96. The minimum Gasteiger partial charge on any atom is -0.497 e. The number of aliphatic hydroxyl groups is 1. The van der Waals surface area contributed by atoms with Gasteiger partial charge in [-0.3, -0.25) is 9.88 Å². The van der Waals surface area contributed by atoms with Gasteiger partial charge in [-0.05, 0) is 19.8 Å². The number of ether oxygens (including phenoxy) is 1. The number of aryl methyl sites for hydroxylation is 1. The number of aromatic nitrogens is 1. The standard InChI is InChI=1S/C15H26N2O2/c1-5-14(6-2)17(7-8-18)11-13-10-15(19-4)9-12(3)16-13/h9-10,14,18H,5-8,11H2,1-4H3. The van der Waals surface area contributed by atoms with E-state index in [1.807, 2.05) is 19.1 Å². The Morgan fingerprint density at radius 3 is 2.53 bits per heavy atom. The molecule has 0 aliphatic carbocycles. The van der Waals surface area contributed by atoms with Gasteiger partial charge in [0.15, 0.2) is 0 Å². The second kappa shape index (κ2) is 8.12. The molecule has 1 aromatic rings. The molecule has 4 heteroatoms. The van der Waals surface area contributed by atoms with E-state index in [0.717, 1.165) is 36.5 Å². The average Bonchev–Trinajstić information content (AvgIpc) is 2.39. The molecule has 0 aromatic carbocycles. The molecule has 0 aliphatic rings. The third-order valence-electron chi connectivity index (χ3n) is 3.43. The minimum atomic E-state index is 0.180. The predicted molar refractivity (Wildman–Crippen MR) is 77.4 cm³/mol. The Morgan fingerprint density at radius 1 is 1.32 bits per heavy atom. The summed E-state index contributed by atoms with van der Waals surface area (Å²) >= 11 is 0. The van der Waals surface area contributed by atoms with E-state index in [4.69, 9.17) is 4.74 Å². The quantitative estimate of drug-likeness (QED) is 0.784. The first-order valence-electron chi connectivity index (χ1n) is 7.01. The van der Waals surface area contributed by atoms with Gasteiger partial charge in [0.1, 0.15) is 5.75 Å². The summed E-state index contributed by atoms with van der Waals surface area (Å²) in [7, 11) is 1.67. The summed E-state index contributed by atoms with van der Waals surface area (Å²) in [5, 5.41) is 9.22. The van der Waals surface area contributed by atoms with Gasteiger partial charge in [-0.25, -0.2) is 0 Å². The largest absolute Gasteiger partial charge is 0.497 e. The van der Waals surface area contributed by atoms with E-state index < -0.39 is 0 Å². The van der Waals surface area contributed by atoms with Crippen LogP contribution >= 0.6 is 0 Å². The van der Waals surface area contributed by atoms with Crippen molar-refractivity contribution in [3.05, 3.63) is 23.5 Å². The highest BCUT2D eigenvalue weighted by molar-refractivity contribution is 5.26. The third kappa shape index (κ3) is 4.80. The van der Waals surface area contributed by atoms with E-state index in [-0.39, 0.29) is 6.61 Å². The Hall–Kier alpha value is -1.13. The zero-order valence-electron chi connectivity index (χ0n) is 12.5. The van der Waals surface area contributed by atoms with Crippen LogP contribution in [0.1, 0.15) is 38.1 Å². The molecule has 4 nitrogen and oxygen atoms in total. The molecule has 0 unspecified atom stereocenters. The van der Waals surface area contributed by atoms with Crippen molar-refractivity contribution in [3.63, 3.8) is 0 Å². The second-order valence-corrected chi connectivity index (χ2v) is 4.80. The third-order valence-corrected chi connectivity index (χ3v) is 3.43. The van der Waals surface area contributed by atoms with Gasteiger partial charge in [0.05, 0.1) is 19.4 Å². The minimum absolute atomic E-state index is 0.180. The maximum atomic E-state index is 9.22. The van der Waals surface area contributed by atoms with Gasteiger partial charge >= 0.3 is 0 Å². The summed E-state index contributed by atoms with van der Waals surface area (Å²) in [5.74, 6) is 0.844. The Labute approximate surface area is 116 Å². The van der Waals surface area contributed by atoms with Gasteiger partial charge in [0.2, 0.25) is 0 Å². The van der Waals surface area contributed by atoms with Gasteiger partial charge in [-0.2, -0.15) is 0 Å². The molecular weight excluding hydrogens is 240 g/mol. The fourth-order valence-electron chi connectivity index (χ4n) is 2.43. The first-order valence-corrected chi connectivity index (χ1v) is 7.01. The van der Waals surface area contributed by atoms with Crippen LogP contribution in [0.15, 0.2) is 12.1 Å². The molecule has 0 saturated carbocycles. The number of nitrogens with zero attached hydrogens (tertiary/aromatic N) is 2. The van der Waals surface area contributed by atoms with Crippen LogP contribution in [-0.2, 0) is 6.54 Å². The van der Waals surface area contributed by atoms with Crippen molar-refractivity contribution < 1.29 is 9.84 Å². The van der Waals surface area contributed by atoms with Crippen molar-refractivity contribution in [2.24, 2.45) is 0 Å². The van der Waals surface area contributed by atoms with Crippen LogP contribution in [0.4, 0.5) is 0 Å². The lowest BCUT2D eigenvalue weighted by Gasteiger charge is -2.29. The van der Waals surface area contributed by atoms with Crippen molar-refractivity contribution in [2.75, 3.05) is 20.3 Å². The van der Waals surface area contributed by atoms with Gasteiger partial charge in [0.25, 0.3) is 0 Å². The molecular formula is C15H26N2O2. The van der Waals surface area contributed by atoms with Crippen LogP contribution in [0.5, 0.6) is 5.75 Å². The van der Waals surface area contributed by atoms with Crippen LogP contribution in [0.25, 0.3) is 0 Å². The molecule has 0 spiro atoms. The van der Waals surface area contributed by atoms with Crippen molar-refractivity contribution in [1.82, 2.24) is 9.88 Å². The zero-order chi connectivity index (χ0) is 14.3. The summed E-state index contributed by atoms with van der Waals surface area (Å²) in [4.78, 5) is 6.84. The Kier molecular flexibility index (Phi) is 6.81. The first kappa shape index (κ1) is 15.9. The summed E-state index contributed by atoms with van der Waals surface area (Å²) in [6.07, 6.45) is 2.17. The normalized spacial score (nSPS) is 11.3. The molecule has 0 atom stereocenters. The van der Waals surface area contributed by atoms with Crippen LogP contribution in [0.3, 0.4) is 0 Å². The van der Waals surface area contributed by atoms with Gasteiger partial charge < -0.3 is 9.84 Å². The molecule has 1 N–H and O–H groups in total. The molecule has 0 saturated heterocycles. The van der Waals surface area contributed by atoms with E-state index in [0.29, 0.717) is 12.6 Å². The van der Waals surface area contributed by atoms with Crippen molar-refractivity contribution in [1.29, 1.82) is 0 Å². The second-order valence-electron chi connectivity index (χ2n) is 4.80. The molecule has 1 heterocycles. The molecule has 1 rings (SSSR count).